The Kier molecular flexibility index (Phi) is 4.29. The van der Waals surface area contributed by atoms with Crippen LogP contribution in [0.4, 0.5) is 4.39 Å². The van der Waals surface area contributed by atoms with Crippen LogP contribution < -0.4 is 0 Å². The Labute approximate surface area is 151 Å². The molecule has 132 valence electrons. The first-order valence-corrected chi connectivity index (χ1v) is 8.67. The van der Waals surface area contributed by atoms with Crippen molar-refractivity contribution in [3.63, 3.8) is 0 Å². The zero-order chi connectivity index (χ0) is 18.1. The molecule has 1 aromatic heterocycles. The summed E-state index contributed by atoms with van der Waals surface area (Å²) in [6.07, 6.45) is 0.898. The van der Waals surface area contributed by atoms with Gasteiger partial charge in [0.1, 0.15) is 11.6 Å². The van der Waals surface area contributed by atoms with E-state index in [0.29, 0.717) is 23.6 Å². The number of aryl methyl sites for hydroxylation is 1. The average molecular weight is 350 g/mol. The first-order valence-electron chi connectivity index (χ1n) is 8.67. The maximum Gasteiger partial charge on any atom is 0.229 e. The second kappa shape index (κ2) is 6.75. The maximum atomic E-state index is 14.6. The number of halogens is 1. The van der Waals surface area contributed by atoms with Crippen molar-refractivity contribution in [1.82, 2.24) is 10.1 Å². The van der Waals surface area contributed by atoms with Crippen LogP contribution in [0.25, 0.3) is 0 Å². The summed E-state index contributed by atoms with van der Waals surface area (Å²) in [6, 6.07) is 15.9. The zero-order valence-electron chi connectivity index (χ0n) is 14.5. The summed E-state index contributed by atoms with van der Waals surface area (Å²) in [5, 5.41) is 3.91. The topological polar surface area (TPSA) is 46.3 Å². The van der Waals surface area contributed by atoms with Crippen LogP contribution in [0.2, 0.25) is 0 Å². The van der Waals surface area contributed by atoms with Gasteiger partial charge < -0.3 is 9.42 Å². The van der Waals surface area contributed by atoms with Crippen molar-refractivity contribution in [2.75, 3.05) is 6.54 Å². The Morgan fingerprint density at radius 1 is 1.19 bits per heavy atom. The molecule has 26 heavy (non-hydrogen) atoms. The van der Waals surface area contributed by atoms with Gasteiger partial charge in [-0.3, -0.25) is 4.79 Å². The van der Waals surface area contributed by atoms with E-state index in [1.54, 1.807) is 36.1 Å². The van der Waals surface area contributed by atoms with Gasteiger partial charge in [0.2, 0.25) is 5.91 Å². The normalized spacial score (nSPS) is 16.4. The lowest BCUT2D eigenvalue weighted by Crippen LogP contribution is -2.41. The van der Waals surface area contributed by atoms with Gasteiger partial charge in [0, 0.05) is 18.2 Å². The van der Waals surface area contributed by atoms with E-state index in [-0.39, 0.29) is 18.1 Å². The molecule has 0 bridgehead atoms. The molecule has 1 aliphatic heterocycles. The lowest BCUT2D eigenvalue weighted by atomic mass is 9.87. The molecular weight excluding hydrogens is 331 g/mol. The van der Waals surface area contributed by atoms with Crippen molar-refractivity contribution in [2.45, 2.75) is 25.8 Å². The molecule has 0 N–H and O–H groups in total. The number of hydrogen-bond acceptors (Lipinski definition) is 3. The Hall–Kier alpha value is -2.95. The standard InChI is InChI=1S/C21H19FN2O2/c1-14-12-16(23-26-14)13-20(25)24-11-10-15-6-2-3-7-17(15)21(24)18-8-4-5-9-19(18)22/h2-9,12,21H,10-11,13H2,1H3. The van der Waals surface area contributed by atoms with Crippen LogP contribution in [0.15, 0.2) is 59.1 Å². The number of amides is 1. The smallest absolute Gasteiger partial charge is 0.229 e. The number of hydrogen-bond donors (Lipinski definition) is 0. The second-order valence-electron chi connectivity index (χ2n) is 6.57. The van der Waals surface area contributed by atoms with Crippen molar-refractivity contribution in [3.8, 4) is 0 Å². The molecule has 0 fully saturated rings. The lowest BCUT2D eigenvalue weighted by molar-refractivity contribution is -0.132. The Balaban J connectivity index is 1.73. The first kappa shape index (κ1) is 16.5. The van der Waals surface area contributed by atoms with Gasteiger partial charge in [-0.2, -0.15) is 0 Å². The molecule has 5 heteroatoms. The fourth-order valence-electron chi connectivity index (χ4n) is 3.63. The van der Waals surface area contributed by atoms with Gasteiger partial charge in [-0.05, 0) is 30.5 Å². The third-order valence-electron chi connectivity index (χ3n) is 4.81. The number of benzene rings is 2. The van der Waals surface area contributed by atoms with Gasteiger partial charge in [-0.15, -0.1) is 0 Å². The summed E-state index contributed by atoms with van der Waals surface area (Å²) in [7, 11) is 0. The fourth-order valence-corrected chi connectivity index (χ4v) is 3.63. The van der Waals surface area contributed by atoms with Crippen LogP contribution in [0.5, 0.6) is 0 Å². The van der Waals surface area contributed by atoms with Gasteiger partial charge in [0.25, 0.3) is 0 Å². The van der Waals surface area contributed by atoms with E-state index < -0.39 is 6.04 Å². The van der Waals surface area contributed by atoms with E-state index in [0.717, 1.165) is 17.5 Å². The average Bonchev–Trinajstić information content (AvgIpc) is 3.06. The minimum atomic E-state index is -0.429. The summed E-state index contributed by atoms with van der Waals surface area (Å²) in [6.45, 7) is 2.34. The molecule has 1 amide bonds. The minimum Gasteiger partial charge on any atom is -0.361 e. The Bertz CT molecular complexity index is 950. The van der Waals surface area contributed by atoms with E-state index in [1.165, 1.54) is 6.07 Å². The second-order valence-corrected chi connectivity index (χ2v) is 6.57. The molecule has 4 nitrogen and oxygen atoms in total. The third kappa shape index (κ3) is 3.01. The van der Waals surface area contributed by atoms with Crippen LogP contribution in [0.1, 0.15) is 34.2 Å². The fraction of sp³-hybridized carbons (Fsp3) is 0.238. The molecular formula is C21H19FN2O2. The SMILES string of the molecule is Cc1cc(CC(=O)N2CCc3ccccc3C2c2ccccc2F)no1. The highest BCUT2D eigenvalue weighted by atomic mass is 19.1. The number of fused-ring (bicyclic) bond motifs is 1. The van der Waals surface area contributed by atoms with Crippen LogP contribution in [-0.4, -0.2) is 22.5 Å². The Morgan fingerprint density at radius 2 is 1.92 bits per heavy atom. The van der Waals surface area contributed by atoms with Gasteiger partial charge >= 0.3 is 0 Å². The van der Waals surface area contributed by atoms with Crippen LogP contribution >= 0.6 is 0 Å². The summed E-state index contributed by atoms with van der Waals surface area (Å²) in [5.74, 6) is 0.285. The molecule has 2 heterocycles. The van der Waals surface area contributed by atoms with Crippen LogP contribution in [0.3, 0.4) is 0 Å². The predicted molar refractivity (Wildman–Crippen MR) is 95.0 cm³/mol. The van der Waals surface area contributed by atoms with Gasteiger partial charge in [0.15, 0.2) is 0 Å². The van der Waals surface area contributed by atoms with Gasteiger partial charge in [-0.1, -0.05) is 47.6 Å². The maximum absolute atomic E-state index is 14.6. The van der Waals surface area contributed by atoms with Crippen molar-refractivity contribution >= 4 is 5.91 Å². The molecule has 0 saturated carbocycles. The zero-order valence-corrected chi connectivity index (χ0v) is 14.5. The number of carbonyl (C=O) groups is 1. The third-order valence-corrected chi connectivity index (χ3v) is 4.81. The summed E-state index contributed by atoms with van der Waals surface area (Å²) < 4.78 is 19.6. The van der Waals surface area contributed by atoms with Crippen LogP contribution in [0, 0.1) is 12.7 Å². The van der Waals surface area contributed by atoms with E-state index in [9.17, 15) is 9.18 Å². The molecule has 0 aliphatic carbocycles. The quantitative estimate of drug-likeness (QED) is 0.721. The molecule has 4 rings (SSSR count). The number of rotatable bonds is 3. The molecule has 0 spiro atoms. The molecule has 0 radical (unpaired) electrons. The summed E-state index contributed by atoms with van der Waals surface area (Å²) in [5.41, 5.74) is 3.25. The monoisotopic (exact) mass is 350 g/mol. The number of carbonyl (C=O) groups excluding carboxylic acids is 1. The highest BCUT2D eigenvalue weighted by Crippen LogP contribution is 2.36. The molecule has 1 unspecified atom stereocenters. The highest BCUT2D eigenvalue weighted by Gasteiger charge is 2.33. The number of aromatic nitrogens is 1. The van der Waals surface area contributed by atoms with Crippen molar-refractivity contribution in [3.05, 3.63) is 88.6 Å². The van der Waals surface area contributed by atoms with Gasteiger partial charge in [0.05, 0.1) is 18.2 Å². The van der Waals surface area contributed by atoms with Crippen molar-refractivity contribution < 1.29 is 13.7 Å². The van der Waals surface area contributed by atoms with E-state index >= 15 is 0 Å². The molecule has 1 atom stereocenters. The minimum absolute atomic E-state index is 0.0824. The molecule has 3 aromatic rings. The number of nitrogens with zero attached hydrogens (tertiary/aromatic N) is 2. The summed E-state index contributed by atoms with van der Waals surface area (Å²) in [4.78, 5) is 14.8. The Morgan fingerprint density at radius 3 is 2.65 bits per heavy atom. The van der Waals surface area contributed by atoms with E-state index in [4.69, 9.17) is 4.52 Å². The molecule has 1 aliphatic rings. The highest BCUT2D eigenvalue weighted by molar-refractivity contribution is 5.80. The van der Waals surface area contributed by atoms with E-state index in [2.05, 4.69) is 5.16 Å². The largest absolute Gasteiger partial charge is 0.361 e. The van der Waals surface area contributed by atoms with E-state index in [1.807, 2.05) is 24.3 Å². The van der Waals surface area contributed by atoms with Gasteiger partial charge in [-0.25, -0.2) is 4.39 Å². The van der Waals surface area contributed by atoms with Crippen molar-refractivity contribution in [1.29, 1.82) is 0 Å². The van der Waals surface area contributed by atoms with Crippen LogP contribution in [-0.2, 0) is 17.6 Å². The first-order chi connectivity index (χ1) is 12.6. The molecule has 2 aromatic carbocycles. The lowest BCUT2D eigenvalue weighted by Gasteiger charge is -2.38. The summed E-state index contributed by atoms with van der Waals surface area (Å²) >= 11 is 0. The molecule has 0 saturated heterocycles. The predicted octanol–water partition coefficient (Wildman–Crippen LogP) is 3.84. The van der Waals surface area contributed by atoms with Crippen molar-refractivity contribution in [2.24, 2.45) is 0 Å².